The van der Waals surface area contributed by atoms with Crippen LogP contribution in [-0.4, -0.2) is 61.3 Å². The quantitative estimate of drug-likeness (QED) is 0.660. The third-order valence-corrected chi connectivity index (χ3v) is 4.99. The molecule has 1 amide bonds. The van der Waals surface area contributed by atoms with E-state index in [9.17, 15) is 4.79 Å². The normalized spacial score (nSPS) is 11.4. The predicted octanol–water partition coefficient (Wildman–Crippen LogP) is 2.70. The van der Waals surface area contributed by atoms with Crippen LogP contribution in [0.25, 0.3) is 21.6 Å². The molecule has 2 heterocycles. The van der Waals surface area contributed by atoms with Crippen molar-refractivity contribution < 1.29 is 9.53 Å². The lowest BCUT2D eigenvalue weighted by Crippen LogP contribution is -2.31. The molecular weight excluding hydrogens is 348 g/mol. The lowest BCUT2D eigenvalue weighted by Gasteiger charge is -2.09. The summed E-state index contributed by atoms with van der Waals surface area (Å²) in [7, 11) is 5.66. The van der Waals surface area contributed by atoms with Crippen LogP contribution >= 0.6 is 11.3 Å². The van der Waals surface area contributed by atoms with Gasteiger partial charge in [0.15, 0.2) is 0 Å². The number of benzene rings is 1. The minimum absolute atomic E-state index is 0.131. The first-order valence-corrected chi connectivity index (χ1v) is 9.44. The maximum Gasteiger partial charge on any atom is 0.270 e. The van der Waals surface area contributed by atoms with Gasteiger partial charge in [0.2, 0.25) is 0 Å². The van der Waals surface area contributed by atoms with Crippen LogP contribution in [0.5, 0.6) is 0 Å². The van der Waals surface area contributed by atoms with Gasteiger partial charge in [-0.15, -0.1) is 11.3 Å². The standard InChI is InChI=1S/C19H24N4O2S/c1-22(2)9-8-20-18(24)15-13-26-19(21-15)17-12-14-6-4-5-7-16(14)23(17)10-11-25-3/h4-7,12-13H,8-11H2,1-3H3,(H,20,24). The molecule has 0 saturated carbocycles. The average molecular weight is 372 g/mol. The van der Waals surface area contributed by atoms with Crippen LogP contribution in [0.3, 0.4) is 0 Å². The Bertz CT molecular complexity index is 885. The third kappa shape index (κ3) is 4.12. The predicted molar refractivity (Wildman–Crippen MR) is 106 cm³/mol. The Labute approximate surface area is 157 Å². The van der Waals surface area contributed by atoms with E-state index in [1.807, 2.05) is 36.5 Å². The van der Waals surface area contributed by atoms with E-state index in [4.69, 9.17) is 4.74 Å². The van der Waals surface area contributed by atoms with Crippen LogP contribution in [0.4, 0.5) is 0 Å². The number of amides is 1. The average Bonchev–Trinajstić information content (AvgIpc) is 3.24. The number of carbonyl (C=O) groups excluding carboxylic acids is 1. The molecule has 3 rings (SSSR count). The molecule has 0 fully saturated rings. The van der Waals surface area contributed by atoms with Crippen LogP contribution in [0.2, 0.25) is 0 Å². The highest BCUT2D eigenvalue weighted by molar-refractivity contribution is 7.13. The Kier molecular flexibility index (Phi) is 6.03. The van der Waals surface area contributed by atoms with E-state index in [1.54, 1.807) is 7.11 Å². The molecular formula is C19H24N4O2S. The summed E-state index contributed by atoms with van der Waals surface area (Å²) in [4.78, 5) is 18.9. The second-order valence-corrected chi connectivity index (χ2v) is 7.19. The summed E-state index contributed by atoms with van der Waals surface area (Å²) in [5.74, 6) is -0.131. The first-order chi connectivity index (χ1) is 12.6. The first-order valence-electron chi connectivity index (χ1n) is 8.56. The van der Waals surface area contributed by atoms with Crippen molar-refractivity contribution in [2.75, 3.05) is 40.9 Å². The van der Waals surface area contributed by atoms with Crippen LogP contribution in [0, 0.1) is 0 Å². The second-order valence-electron chi connectivity index (χ2n) is 6.33. The summed E-state index contributed by atoms with van der Waals surface area (Å²) in [5.41, 5.74) is 2.62. The molecule has 1 N–H and O–H groups in total. The second kappa shape index (κ2) is 8.44. The fourth-order valence-electron chi connectivity index (χ4n) is 2.79. The molecule has 0 aliphatic heterocycles. The van der Waals surface area contributed by atoms with Gasteiger partial charge in [0, 0.05) is 43.0 Å². The lowest BCUT2D eigenvalue weighted by atomic mass is 10.2. The van der Waals surface area contributed by atoms with Gasteiger partial charge in [0.25, 0.3) is 5.91 Å². The number of carbonyl (C=O) groups is 1. The lowest BCUT2D eigenvalue weighted by molar-refractivity contribution is 0.0947. The molecule has 1 aromatic carbocycles. The zero-order valence-electron chi connectivity index (χ0n) is 15.4. The van der Waals surface area contributed by atoms with E-state index >= 15 is 0 Å². The number of ether oxygens (including phenoxy) is 1. The monoisotopic (exact) mass is 372 g/mol. The first kappa shape index (κ1) is 18.6. The molecule has 0 saturated heterocycles. The number of fused-ring (bicyclic) bond motifs is 1. The number of aromatic nitrogens is 2. The highest BCUT2D eigenvalue weighted by Crippen LogP contribution is 2.30. The van der Waals surface area contributed by atoms with Crippen molar-refractivity contribution in [3.05, 3.63) is 41.4 Å². The summed E-state index contributed by atoms with van der Waals surface area (Å²) in [6.45, 7) is 2.76. The number of hydrogen-bond acceptors (Lipinski definition) is 5. The topological polar surface area (TPSA) is 59.4 Å². The van der Waals surface area contributed by atoms with E-state index in [-0.39, 0.29) is 5.91 Å². The van der Waals surface area contributed by atoms with Crippen molar-refractivity contribution in [1.82, 2.24) is 19.8 Å². The summed E-state index contributed by atoms with van der Waals surface area (Å²) in [6, 6.07) is 10.4. The highest BCUT2D eigenvalue weighted by atomic mass is 32.1. The van der Waals surface area contributed by atoms with Gasteiger partial charge < -0.3 is 19.5 Å². The van der Waals surface area contributed by atoms with Gasteiger partial charge in [0.05, 0.1) is 12.3 Å². The van der Waals surface area contributed by atoms with Gasteiger partial charge in [-0.25, -0.2) is 4.98 Å². The van der Waals surface area contributed by atoms with Crippen molar-refractivity contribution in [3.8, 4) is 10.7 Å². The molecule has 0 spiro atoms. The minimum Gasteiger partial charge on any atom is -0.383 e. The molecule has 2 aromatic heterocycles. The highest BCUT2D eigenvalue weighted by Gasteiger charge is 2.16. The van der Waals surface area contributed by atoms with Crippen molar-refractivity contribution in [3.63, 3.8) is 0 Å². The fraction of sp³-hybridized carbons (Fsp3) is 0.368. The molecule has 0 atom stereocenters. The van der Waals surface area contributed by atoms with Crippen molar-refractivity contribution in [1.29, 1.82) is 0 Å². The zero-order chi connectivity index (χ0) is 18.5. The molecule has 26 heavy (non-hydrogen) atoms. The maximum absolute atomic E-state index is 12.3. The largest absolute Gasteiger partial charge is 0.383 e. The molecule has 0 unspecified atom stereocenters. The van der Waals surface area contributed by atoms with Crippen molar-refractivity contribution >= 4 is 28.1 Å². The maximum atomic E-state index is 12.3. The zero-order valence-corrected chi connectivity index (χ0v) is 16.2. The summed E-state index contributed by atoms with van der Waals surface area (Å²) in [5, 5.41) is 6.73. The van der Waals surface area contributed by atoms with E-state index < -0.39 is 0 Å². The molecule has 138 valence electrons. The smallest absolute Gasteiger partial charge is 0.270 e. The van der Waals surface area contributed by atoms with E-state index in [0.29, 0.717) is 18.8 Å². The van der Waals surface area contributed by atoms with Crippen LogP contribution in [0.1, 0.15) is 10.5 Å². The van der Waals surface area contributed by atoms with Crippen molar-refractivity contribution in [2.24, 2.45) is 0 Å². The van der Waals surface area contributed by atoms with Gasteiger partial charge in [-0.3, -0.25) is 4.79 Å². The number of hydrogen-bond donors (Lipinski definition) is 1. The molecule has 3 aromatic rings. The van der Waals surface area contributed by atoms with E-state index in [1.165, 1.54) is 11.3 Å². The number of likely N-dealkylation sites (N-methyl/N-ethyl adjacent to an activating group) is 1. The summed E-state index contributed by atoms with van der Waals surface area (Å²) < 4.78 is 7.46. The van der Waals surface area contributed by atoms with Gasteiger partial charge >= 0.3 is 0 Å². The summed E-state index contributed by atoms with van der Waals surface area (Å²) >= 11 is 1.49. The van der Waals surface area contributed by atoms with E-state index in [0.717, 1.165) is 34.7 Å². The van der Waals surface area contributed by atoms with Crippen LogP contribution < -0.4 is 5.32 Å². The molecule has 6 nitrogen and oxygen atoms in total. The fourth-order valence-corrected chi connectivity index (χ4v) is 3.61. The van der Waals surface area contributed by atoms with Gasteiger partial charge in [-0.2, -0.15) is 0 Å². The number of nitrogens with one attached hydrogen (secondary N) is 1. The number of para-hydroxylation sites is 1. The van der Waals surface area contributed by atoms with E-state index in [2.05, 4.69) is 33.1 Å². The molecule has 0 aliphatic carbocycles. The minimum atomic E-state index is -0.131. The number of methoxy groups -OCH3 is 1. The Balaban J connectivity index is 1.85. The van der Waals surface area contributed by atoms with Gasteiger partial charge in [0.1, 0.15) is 10.7 Å². The van der Waals surface area contributed by atoms with Gasteiger partial charge in [-0.05, 0) is 26.2 Å². The van der Waals surface area contributed by atoms with Crippen LogP contribution in [0.15, 0.2) is 35.7 Å². The molecule has 0 aliphatic rings. The van der Waals surface area contributed by atoms with Crippen molar-refractivity contribution in [2.45, 2.75) is 6.54 Å². The Morgan fingerprint density at radius 3 is 2.92 bits per heavy atom. The number of thiazole rings is 1. The Morgan fingerprint density at radius 1 is 1.35 bits per heavy atom. The molecule has 0 bridgehead atoms. The summed E-state index contributed by atoms with van der Waals surface area (Å²) in [6.07, 6.45) is 0. The molecule has 7 heteroatoms. The number of rotatable bonds is 8. The van der Waals surface area contributed by atoms with Crippen LogP contribution in [-0.2, 0) is 11.3 Å². The Morgan fingerprint density at radius 2 is 2.15 bits per heavy atom. The SMILES string of the molecule is COCCn1c(-c2nc(C(=O)NCCN(C)C)cs2)cc2ccccc21. The number of nitrogens with zero attached hydrogens (tertiary/aromatic N) is 3. The third-order valence-electron chi connectivity index (χ3n) is 4.13. The Hall–Kier alpha value is -2.22. The van der Waals surface area contributed by atoms with Gasteiger partial charge in [-0.1, -0.05) is 18.2 Å². The molecule has 0 radical (unpaired) electrons.